The van der Waals surface area contributed by atoms with Crippen LogP contribution in [0.15, 0.2) is 43.0 Å². The SMILES string of the molecule is COc1ccc([C@H](C)NCCCn2ccnc2)cc1. The van der Waals surface area contributed by atoms with Gasteiger partial charge in [0.2, 0.25) is 0 Å². The van der Waals surface area contributed by atoms with Crippen LogP contribution in [0.3, 0.4) is 0 Å². The first-order valence-corrected chi connectivity index (χ1v) is 6.62. The topological polar surface area (TPSA) is 39.1 Å². The smallest absolute Gasteiger partial charge is 0.118 e. The number of rotatable bonds is 7. The van der Waals surface area contributed by atoms with Crippen LogP contribution < -0.4 is 10.1 Å². The average molecular weight is 259 g/mol. The molecule has 19 heavy (non-hydrogen) atoms. The quantitative estimate of drug-likeness (QED) is 0.777. The molecule has 2 aromatic rings. The molecule has 2 rings (SSSR count). The van der Waals surface area contributed by atoms with E-state index < -0.39 is 0 Å². The van der Waals surface area contributed by atoms with E-state index in [4.69, 9.17) is 4.74 Å². The molecule has 4 heteroatoms. The van der Waals surface area contributed by atoms with Gasteiger partial charge in [0.05, 0.1) is 13.4 Å². The first-order valence-electron chi connectivity index (χ1n) is 6.62. The van der Waals surface area contributed by atoms with Crippen LogP contribution >= 0.6 is 0 Å². The van der Waals surface area contributed by atoms with Crippen LogP contribution in [0, 0.1) is 0 Å². The van der Waals surface area contributed by atoms with Gasteiger partial charge in [-0.1, -0.05) is 12.1 Å². The maximum absolute atomic E-state index is 5.16. The molecule has 0 aliphatic carbocycles. The monoisotopic (exact) mass is 259 g/mol. The standard InChI is InChI=1S/C15H21N3O/c1-13(14-4-6-15(19-2)7-5-14)17-8-3-10-18-11-9-16-12-18/h4-7,9,11-13,17H,3,8,10H2,1-2H3/t13-/m0/s1. The van der Waals surface area contributed by atoms with Crippen molar-refractivity contribution in [2.24, 2.45) is 0 Å². The van der Waals surface area contributed by atoms with Crippen LogP contribution in [0.25, 0.3) is 0 Å². The van der Waals surface area contributed by atoms with E-state index >= 15 is 0 Å². The number of nitrogens with zero attached hydrogens (tertiary/aromatic N) is 2. The third-order valence-corrected chi connectivity index (χ3v) is 3.22. The molecule has 1 aromatic heterocycles. The van der Waals surface area contributed by atoms with E-state index in [1.54, 1.807) is 7.11 Å². The van der Waals surface area contributed by atoms with Gasteiger partial charge < -0.3 is 14.6 Å². The lowest BCUT2D eigenvalue weighted by molar-refractivity contribution is 0.414. The molecule has 0 saturated carbocycles. The number of aryl methyl sites for hydroxylation is 1. The van der Waals surface area contributed by atoms with Crippen LogP contribution in [0.5, 0.6) is 5.75 Å². The molecule has 0 saturated heterocycles. The Labute approximate surface area is 114 Å². The first kappa shape index (κ1) is 13.6. The molecule has 0 unspecified atom stereocenters. The molecule has 0 spiro atoms. The fourth-order valence-electron chi connectivity index (χ4n) is 2.01. The van der Waals surface area contributed by atoms with E-state index in [-0.39, 0.29) is 0 Å². The Hall–Kier alpha value is -1.81. The van der Waals surface area contributed by atoms with Crippen LogP contribution in [0.4, 0.5) is 0 Å². The number of hydrogen-bond acceptors (Lipinski definition) is 3. The van der Waals surface area contributed by atoms with Crippen LogP contribution in [0.2, 0.25) is 0 Å². The molecule has 4 nitrogen and oxygen atoms in total. The maximum atomic E-state index is 5.16. The summed E-state index contributed by atoms with van der Waals surface area (Å²) in [6.07, 6.45) is 6.75. The molecule has 0 bridgehead atoms. The molecule has 102 valence electrons. The predicted octanol–water partition coefficient (Wildman–Crippen LogP) is 2.63. The summed E-state index contributed by atoms with van der Waals surface area (Å²) >= 11 is 0. The summed E-state index contributed by atoms with van der Waals surface area (Å²) < 4.78 is 7.26. The van der Waals surface area contributed by atoms with Gasteiger partial charge in [0, 0.05) is 25.0 Å². The fraction of sp³-hybridized carbons (Fsp3) is 0.400. The van der Waals surface area contributed by atoms with Crippen molar-refractivity contribution in [2.75, 3.05) is 13.7 Å². The van der Waals surface area contributed by atoms with Crippen molar-refractivity contribution >= 4 is 0 Å². The molecule has 0 radical (unpaired) electrons. The van der Waals surface area contributed by atoms with Gasteiger partial charge in [-0.05, 0) is 37.6 Å². The molecule has 1 atom stereocenters. The molecular formula is C15H21N3O. The highest BCUT2D eigenvalue weighted by Gasteiger charge is 2.04. The van der Waals surface area contributed by atoms with Gasteiger partial charge in [-0.25, -0.2) is 4.98 Å². The minimum atomic E-state index is 0.355. The van der Waals surface area contributed by atoms with Crippen molar-refractivity contribution in [1.82, 2.24) is 14.9 Å². The highest BCUT2D eigenvalue weighted by Crippen LogP contribution is 2.17. The molecule has 0 amide bonds. The Bertz CT molecular complexity index is 465. The zero-order valence-corrected chi connectivity index (χ0v) is 11.5. The number of benzene rings is 1. The third-order valence-electron chi connectivity index (χ3n) is 3.22. The van der Waals surface area contributed by atoms with E-state index in [1.165, 1.54) is 5.56 Å². The maximum Gasteiger partial charge on any atom is 0.118 e. The second-order valence-electron chi connectivity index (χ2n) is 4.60. The summed E-state index contributed by atoms with van der Waals surface area (Å²) in [6.45, 7) is 4.17. The largest absolute Gasteiger partial charge is 0.497 e. The van der Waals surface area contributed by atoms with Crippen LogP contribution in [0.1, 0.15) is 24.9 Å². The Morgan fingerprint density at radius 3 is 2.74 bits per heavy atom. The van der Waals surface area contributed by atoms with Gasteiger partial charge in [0.25, 0.3) is 0 Å². The van der Waals surface area contributed by atoms with Gasteiger partial charge in [0.15, 0.2) is 0 Å². The number of nitrogens with one attached hydrogen (secondary N) is 1. The highest BCUT2D eigenvalue weighted by atomic mass is 16.5. The number of hydrogen-bond donors (Lipinski definition) is 1. The van der Waals surface area contributed by atoms with Crippen LogP contribution in [-0.4, -0.2) is 23.2 Å². The Morgan fingerprint density at radius 2 is 2.11 bits per heavy atom. The molecule has 1 aromatic carbocycles. The molecule has 1 N–H and O–H groups in total. The van der Waals surface area contributed by atoms with Gasteiger partial charge in [-0.3, -0.25) is 0 Å². The van der Waals surface area contributed by atoms with Crippen molar-refractivity contribution in [3.05, 3.63) is 48.5 Å². The summed E-state index contributed by atoms with van der Waals surface area (Å²) in [5, 5.41) is 3.52. The second-order valence-corrected chi connectivity index (χ2v) is 4.60. The van der Waals surface area contributed by atoms with Crippen molar-refractivity contribution in [1.29, 1.82) is 0 Å². The Kier molecular flexibility index (Phi) is 4.98. The number of aromatic nitrogens is 2. The Balaban J connectivity index is 1.72. The van der Waals surface area contributed by atoms with Crippen molar-refractivity contribution in [3.63, 3.8) is 0 Å². The normalized spacial score (nSPS) is 12.3. The van der Waals surface area contributed by atoms with Crippen molar-refractivity contribution in [2.45, 2.75) is 25.9 Å². The second kappa shape index (κ2) is 6.95. The lowest BCUT2D eigenvalue weighted by Crippen LogP contribution is -2.20. The lowest BCUT2D eigenvalue weighted by Gasteiger charge is -2.14. The zero-order valence-electron chi connectivity index (χ0n) is 11.5. The van der Waals surface area contributed by atoms with Gasteiger partial charge in [-0.15, -0.1) is 0 Å². The van der Waals surface area contributed by atoms with E-state index in [9.17, 15) is 0 Å². The predicted molar refractivity (Wildman–Crippen MR) is 76.3 cm³/mol. The van der Waals surface area contributed by atoms with Crippen molar-refractivity contribution < 1.29 is 4.74 Å². The minimum Gasteiger partial charge on any atom is -0.497 e. The fourth-order valence-corrected chi connectivity index (χ4v) is 2.01. The first-order chi connectivity index (χ1) is 9.29. The van der Waals surface area contributed by atoms with E-state index in [0.717, 1.165) is 25.3 Å². The molecule has 0 aliphatic heterocycles. The molecule has 1 heterocycles. The molecule has 0 fully saturated rings. The van der Waals surface area contributed by atoms with Crippen molar-refractivity contribution in [3.8, 4) is 5.75 Å². The summed E-state index contributed by atoms with van der Waals surface area (Å²) in [5.41, 5.74) is 1.28. The van der Waals surface area contributed by atoms with Crippen LogP contribution in [-0.2, 0) is 6.54 Å². The highest BCUT2D eigenvalue weighted by molar-refractivity contribution is 5.28. The van der Waals surface area contributed by atoms with E-state index in [2.05, 4.69) is 33.9 Å². The average Bonchev–Trinajstić information content (AvgIpc) is 2.96. The summed E-state index contributed by atoms with van der Waals surface area (Å²) in [6, 6.07) is 8.56. The van der Waals surface area contributed by atoms with E-state index in [0.29, 0.717) is 6.04 Å². The van der Waals surface area contributed by atoms with Gasteiger partial charge >= 0.3 is 0 Å². The number of ether oxygens (including phenoxy) is 1. The Morgan fingerprint density at radius 1 is 1.32 bits per heavy atom. The lowest BCUT2D eigenvalue weighted by atomic mass is 10.1. The summed E-state index contributed by atoms with van der Waals surface area (Å²) in [5.74, 6) is 0.899. The molecular weight excluding hydrogens is 238 g/mol. The molecule has 0 aliphatic rings. The third kappa shape index (κ3) is 4.10. The van der Waals surface area contributed by atoms with E-state index in [1.807, 2.05) is 30.9 Å². The number of methoxy groups -OCH3 is 1. The zero-order chi connectivity index (χ0) is 13.5. The summed E-state index contributed by atoms with van der Waals surface area (Å²) in [7, 11) is 1.69. The van der Waals surface area contributed by atoms with Gasteiger partial charge in [0.1, 0.15) is 5.75 Å². The summed E-state index contributed by atoms with van der Waals surface area (Å²) in [4.78, 5) is 4.03. The number of imidazole rings is 1. The van der Waals surface area contributed by atoms with Gasteiger partial charge in [-0.2, -0.15) is 0 Å². The minimum absolute atomic E-state index is 0.355.